The van der Waals surface area contributed by atoms with Crippen LogP contribution in [0.2, 0.25) is 0 Å². The van der Waals surface area contributed by atoms with E-state index < -0.39 is 10.0 Å². The maximum Gasteiger partial charge on any atom is 0.306 e. The standard InChI is InChI=1S/C25H32N4O6S/c1-5-35-24(30)15-21(19-13-22-25(23(14-19)33-4)28(3)27-26-22)18-7-6-17(2)20(12-18)16-29-8-9-34-10-11-36(29,31)32/h6-7,12-14,21H,5,8-11,15-16H2,1-4H3. The largest absolute Gasteiger partial charge is 0.494 e. The lowest BCUT2D eigenvalue weighted by Gasteiger charge is -2.23. The molecule has 194 valence electrons. The van der Waals surface area contributed by atoms with Crippen molar-refractivity contribution < 1.29 is 27.4 Å². The molecule has 0 radical (unpaired) electrons. The van der Waals surface area contributed by atoms with Crippen molar-refractivity contribution in [2.75, 3.05) is 39.2 Å². The van der Waals surface area contributed by atoms with E-state index in [0.29, 0.717) is 24.4 Å². The summed E-state index contributed by atoms with van der Waals surface area (Å²) < 4.78 is 44.9. The molecule has 1 saturated heterocycles. The van der Waals surface area contributed by atoms with E-state index in [1.165, 1.54) is 4.31 Å². The van der Waals surface area contributed by atoms with E-state index in [-0.39, 0.29) is 43.8 Å². The molecule has 3 aromatic rings. The summed E-state index contributed by atoms with van der Waals surface area (Å²) in [6.45, 7) is 5.12. The van der Waals surface area contributed by atoms with Crippen LogP contribution in [-0.2, 0) is 37.9 Å². The van der Waals surface area contributed by atoms with E-state index >= 15 is 0 Å². The number of aromatic nitrogens is 3. The predicted molar refractivity (Wildman–Crippen MR) is 134 cm³/mol. The highest BCUT2D eigenvalue weighted by Crippen LogP contribution is 2.35. The van der Waals surface area contributed by atoms with E-state index in [4.69, 9.17) is 14.2 Å². The lowest BCUT2D eigenvalue weighted by atomic mass is 9.86. The number of methoxy groups -OCH3 is 1. The summed E-state index contributed by atoms with van der Waals surface area (Å²) in [5, 5.41) is 8.35. The van der Waals surface area contributed by atoms with Gasteiger partial charge in [0.25, 0.3) is 0 Å². The molecule has 1 atom stereocenters. The van der Waals surface area contributed by atoms with Crippen molar-refractivity contribution in [1.29, 1.82) is 0 Å². The van der Waals surface area contributed by atoms with Crippen molar-refractivity contribution >= 4 is 27.0 Å². The molecule has 0 amide bonds. The van der Waals surface area contributed by atoms with E-state index in [1.807, 2.05) is 37.3 Å². The minimum absolute atomic E-state index is 0.0326. The number of sulfonamides is 1. The first kappa shape index (κ1) is 26.1. The quantitative estimate of drug-likeness (QED) is 0.420. The second-order valence-corrected chi connectivity index (χ2v) is 10.9. The third-order valence-electron chi connectivity index (χ3n) is 6.47. The third kappa shape index (κ3) is 5.53. The van der Waals surface area contributed by atoms with Crippen LogP contribution in [0.25, 0.3) is 11.0 Å². The summed E-state index contributed by atoms with van der Waals surface area (Å²) in [6.07, 6.45) is 0.112. The van der Waals surface area contributed by atoms with E-state index in [9.17, 15) is 13.2 Å². The van der Waals surface area contributed by atoms with E-state index in [2.05, 4.69) is 10.3 Å². The molecule has 11 heteroatoms. The fourth-order valence-corrected chi connectivity index (χ4v) is 5.77. The average molecular weight is 517 g/mol. The second-order valence-electron chi connectivity index (χ2n) is 8.81. The lowest BCUT2D eigenvalue weighted by Crippen LogP contribution is -2.33. The van der Waals surface area contributed by atoms with Gasteiger partial charge in [-0.2, -0.15) is 4.31 Å². The van der Waals surface area contributed by atoms with Crippen molar-refractivity contribution in [2.24, 2.45) is 7.05 Å². The van der Waals surface area contributed by atoms with Gasteiger partial charge in [0.2, 0.25) is 10.0 Å². The Bertz CT molecular complexity index is 1350. The summed E-state index contributed by atoms with van der Waals surface area (Å²) in [4.78, 5) is 12.6. The van der Waals surface area contributed by atoms with Crippen LogP contribution in [0.5, 0.6) is 5.75 Å². The molecule has 0 N–H and O–H groups in total. The van der Waals surface area contributed by atoms with Crippen LogP contribution in [0, 0.1) is 6.92 Å². The van der Waals surface area contributed by atoms with Gasteiger partial charge in [0, 0.05) is 26.1 Å². The number of ether oxygens (including phenoxy) is 3. The number of esters is 1. The van der Waals surface area contributed by atoms with Gasteiger partial charge in [0.15, 0.2) is 0 Å². The highest BCUT2D eigenvalue weighted by molar-refractivity contribution is 7.89. The highest BCUT2D eigenvalue weighted by atomic mass is 32.2. The van der Waals surface area contributed by atoms with E-state index in [0.717, 1.165) is 27.8 Å². The Labute approximate surface area is 211 Å². The molecule has 1 unspecified atom stereocenters. The SMILES string of the molecule is CCOC(=O)CC(c1ccc(C)c(CN2CCOCCS2(=O)=O)c1)c1cc(OC)c2c(c1)nnn2C. The summed E-state index contributed by atoms with van der Waals surface area (Å²) in [5.74, 6) is -0.107. The van der Waals surface area contributed by atoms with Gasteiger partial charge in [-0.25, -0.2) is 13.1 Å². The molecular weight excluding hydrogens is 484 g/mol. The number of rotatable bonds is 8. The maximum absolute atomic E-state index is 12.7. The van der Waals surface area contributed by atoms with Crippen LogP contribution >= 0.6 is 0 Å². The third-order valence-corrected chi connectivity index (χ3v) is 8.25. The Hall–Kier alpha value is -3.02. The number of fused-ring (bicyclic) bond motifs is 1. The van der Waals surface area contributed by atoms with Crippen molar-refractivity contribution in [2.45, 2.75) is 32.7 Å². The first-order valence-electron chi connectivity index (χ1n) is 11.9. The molecule has 0 aliphatic carbocycles. The molecule has 4 rings (SSSR count). The molecule has 1 aromatic heterocycles. The molecular formula is C25H32N4O6S. The van der Waals surface area contributed by atoms with Crippen LogP contribution in [0.15, 0.2) is 30.3 Å². The van der Waals surface area contributed by atoms with Crippen molar-refractivity contribution in [3.8, 4) is 5.75 Å². The Morgan fingerprint density at radius 3 is 2.75 bits per heavy atom. The number of hydrogen-bond donors (Lipinski definition) is 0. The monoisotopic (exact) mass is 516 g/mol. The number of carbonyl (C=O) groups is 1. The number of carbonyl (C=O) groups excluding carboxylic acids is 1. The van der Waals surface area contributed by atoms with Gasteiger partial charge in [0.1, 0.15) is 16.8 Å². The Balaban J connectivity index is 1.76. The molecule has 36 heavy (non-hydrogen) atoms. The normalized spacial score (nSPS) is 17.0. The van der Waals surface area contributed by atoms with Gasteiger partial charge in [-0.15, -0.1) is 5.10 Å². The zero-order chi connectivity index (χ0) is 25.9. The number of nitrogens with zero attached hydrogens (tertiary/aromatic N) is 4. The van der Waals surface area contributed by atoms with Crippen LogP contribution in [0.4, 0.5) is 0 Å². The van der Waals surface area contributed by atoms with Gasteiger partial charge in [-0.05, 0) is 48.2 Å². The van der Waals surface area contributed by atoms with E-state index in [1.54, 1.807) is 25.8 Å². The summed E-state index contributed by atoms with van der Waals surface area (Å²) in [7, 11) is -0.0394. The molecule has 2 aromatic carbocycles. The minimum Gasteiger partial charge on any atom is -0.494 e. The van der Waals surface area contributed by atoms with Gasteiger partial charge < -0.3 is 14.2 Å². The first-order chi connectivity index (χ1) is 17.2. The van der Waals surface area contributed by atoms with Crippen molar-refractivity contribution in [1.82, 2.24) is 19.3 Å². The fraction of sp³-hybridized carbons (Fsp3) is 0.480. The average Bonchev–Trinajstić information content (AvgIpc) is 3.14. The topological polar surface area (TPSA) is 113 Å². The lowest BCUT2D eigenvalue weighted by molar-refractivity contribution is -0.143. The molecule has 1 aliphatic heterocycles. The summed E-state index contributed by atoms with van der Waals surface area (Å²) >= 11 is 0. The number of hydrogen-bond acceptors (Lipinski definition) is 8. The van der Waals surface area contributed by atoms with Crippen LogP contribution in [0.3, 0.4) is 0 Å². The highest BCUT2D eigenvalue weighted by Gasteiger charge is 2.27. The predicted octanol–water partition coefficient (Wildman–Crippen LogP) is 2.53. The van der Waals surface area contributed by atoms with Crippen LogP contribution < -0.4 is 4.74 Å². The van der Waals surface area contributed by atoms with Gasteiger partial charge in [-0.3, -0.25) is 4.79 Å². The summed E-state index contributed by atoms with van der Waals surface area (Å²) in [6, 6.07) is 9.71. The first-order valence-corrected chi connectivity index (χ1v) is 13.5. The van der Waals surface area contributed by atoms with Crippen molar-refractivity contribution in [3.05, 3.63) is 52.6 Å². The molecule has 10 nitrogen and oxygen atoms in total. The molecule has 2 heterocycles. The Morgan fingerprint density at radius 2 is 2.00 bits per heavy atom. The molecule has 0 bridgehead atoms. The molecule has 1 fully saturated rings. The van der Waals surface area contributed by atoms with Crippen LogP contribution in [0.1, 0.15) is 41.5 Å². The van der Waals surface area contributed by atoms with Gasteiger partial charge >= 0.3 is 5.97 Å². The maximum atomic E-state index is 12.7. The zero-order valence-corrected chi connectivity index (χ0v) is 21.9. The van der Waals surface area contributed by atoms with Gasteiger partial charge in [0.05, 0.1) is 39.1 Å². The number of benzene rings is 2. The smallest absolute Gasteiger partial charge is 0.306 e. The fourth-order valence-electron chi connectivity index (χ4n) is 4.49. The molecule has 0 spiro atoms. The van der Waals surface area contributed by atoms with Crippen molar-refractivity contribution in [3.63, 3.8) is 0 Å². The Kier molecular flexibility index (Phi) is 7.91. The van der Waals surface area contributed by atoms with Crippen LogP contribution in [-0.4, -0.2) is 72.9 Å². The zero-order valence-electron chi connectivity index (χ0n) is 21.1. The second kappa shape index (κ2) is 10.9. The van der Waals surface area contributed by atoms with Gasteiger partial charge in [-0.1, -0.05) is 23.4 Å². The summed E-state index contributed by atoms with van der Waals surface area (Å²) in [5.41, 5.74) is 4.96. The Morgan fingerprint density at radius 1 is 1.19 bits per heavy atom. The number of aryl methyl sites for hydroxylation is 2. The minimum atomic E-state index is -3.42. The molecule has 0 saturated carbocycles. The molecule has 1 aliphatic rings.